The van der Waals surface area contributed by atoms with Crippen molar-refractivity contribution in [2.45, 2.75) is 6.92 Å². The van der Waals surface area contributed by atoms with Crippen molar-refractivity contribution in [3.05, 3.63) is 42.4 Å². The van der Waals surface area contributed by atoms with Crippen LogP contribution in [0.1, 0.15) is 5.56 Å². The van der Waals surface area contributed by atoms with Gasteiger partial charge in [-0.05, 0) is 31.2 Å². The maximum atomic E-state index is 12.1. The molecule has 0 atom stereocenters. The van der Waals surface area contributed by atoms with E-state index in [1.54, 1.807) is 6.26 Å². The fourth-order valence-corrected chi connectivity index (χ4v) is 2.30. The van der Waals surface area contributed by atoms with Crippen LogP contribution in [0.25, 0.3) is 11.1 Å². The highest BCUT2D eigenvalue weighted by atomic mass is 18.2. The fourth-order valence-electron chi connectivity index (χ4n) is 2.30. The van der Waals surface area contributed by atoms with Crippen molar-refractivity contribution in [3.8, 4) is 5.75 Å². The lowest BCUT2D eigenvalue weighted by Gasteiger charge is -2.19. The summed E-state index contributed by atoms with van der Waals surface area (Å²) >= 11 is 0. The summed E-state index contributed by atoms with van der Waals surface area (Å²) in [5, 5.41) is 0.891. The summed E-state index contributed by atoms with van der Waals surface area (Å²) < 4.78 is 22.8. The van der Waals surface area contributed by atoms with Crippen LogP contribution in [0, 0.1) is 6.92 Å². The van der Waals surface area contributed by atoms with Gasteiger partial charge in [0.2, 0.25) is 5.71 Å². The zero-order valence-corrected chi connectivity index (χ0v) is 12.4. The first-order valence-corrected chi connectivity index (χ1v) is 6.92. The lowest BCUT2D eigenvalue weighted by Crippen LogP contribution is -2.12. The number of aromatic nitrogens is 2. The second kappa shape index (κ2) is 6.01. The Balaban J connectivity index is 1.92. The van der Waals surface area contributed by atoms with Crippen LogP contribution < -0.4 is 9.64 Å². The molecule has 2 aromatic heterocycles. The van der Waals surface area contributed by atoms with Crippen LogP contribution in [0.4, 0.5) is 15.9 Å². The lowest BCUT2D eigenvalue weighted by atomic mass is 10.2. The molecular weight excluding hydrogens is 284 g/mol. The summed E-state index contributed by atoms with van der Waals surface area (Å²) in [4.78, 5) is 10.4. The van der Waals surface area contributed by atoms with Crippen LogP contribution in [0.15, 0.2) is 41.3 Å². The number of nitrogens with zero attached hydrogens (tertiary/aromatic N) is 3. The molecule has 2 heterocycles. The number of hydrogen-bond donors (Lipinski definition) is 0. The van der Waals surface area contributed by atoms with E-state index in [-0.39, 0.29) is 6.61 Å². The average Bonchev–Trinajstić information content (AvgIpc) is 2.94. The molecule has 0 aliphatic carbocycles. The third-order valence-electron chi connectivity index (χ3n) is 3.42. The fraction of sp³-hybridized carbons (Fsp3) is 0.250. The number of halogens is 1. The van der Waals surface area contributed by atoms with Crippen LogP contribution in [0.5, 0.6) is 5.75 Å². The Hall–Kier alpha value is -2.63. The molecule has 114 valence electrons. The minimum atomic E-state index is -0.500. The molecular formula is C16H16FN3O2. The van der Waals surface area contributed by atoms with E-state index in [1.165, 1.54) is 6.33 Å². The molecule has 0 amide bonds. The number of aryl methyl sites for hydroxylation is 1. The van der Waals surface area contributed by atoms with E-state index < -0.39 is 6.67 Å². The molecule has 0 spiro atoms. The molecule has 0 saturated carbocycles. The van der Waals surface area contributed by atoms with Gasteiger partial charge < -0.3 is 14.1 Å². The van der Waals surface area contributed by atoms with Crippen molar-refractivity contribution in [2.24, 2.45) is 0 Å². The lowest BCUT2D eigenvalue weighted by molar-refractivity contribution is 0.273. The zero-order chi connectivity index (χ0) is 15.5. The van der Waals surface area contributed by atoms with Gasteiger partial charge in [0.05, 0.1) is 11.6 Å². The van der Waals surface area contributed by atoms with Crippen LogP contribution in [0.2, 0.25) is 0 Å². The number of hydrogen-bond acceptors (Lipinski definition) is 5. The van der Waals surface area contributed by atoms with Gasteiger partial charge in [-0.1, -0.05) is 0 Å². The van der Waals surface area contributed by atoms with Gasteiger partial charge in [-0.25, -0.2) is 14.4 Å². The summed E-state index contributed by atoms with van der Waals surface area (Å²) in [6, 6.07) is 7.41. The predicted octanol–water partition coefficient (Wildman–Crippen LogP) is 3.65. The molecule has 0 radical (unpaired) electrons. The highest BCUT2D eigenvalue weighted by Gasteiger charge is 2.15. The van der Waals surface area contributed by atoms with Crippen molar-refractivity contribution in [1.82, 2.24) is 9.97 Å². The molecule has 5 nitrogen and oxygen atoms in total. The molecule has 0 N–H and O–H groups in total. The molecule has 0 bridgehead atoms. The van der Waals surface area contributed by atoms with Crippen LogP contribution in [-0.4, -0.2) is 30.3 Å². The quantitative estimate of drug-likeness (QED) is 0.720. The number of fused-ring (bicyclic) bond motifs is 1. The third-order valence-corrected chi connectivity index (χ3v) is 3.42. The summed E-state index contributed by atoms with van der Waals surface area (Å²) in [6.45, 7) is 1.52. The van der Waals surface area contributed by atoms with E-state index in [1.807, 2.05) is 43.1 Å². The summed E-state index contributed by atoms with van der Waals surface area (Å²) in [5.41, 5.74) is 2.49. The van der Waals surface area contributed by atoms with Gasteiger partial charge in [-0.2, -0.15) is 0 Å². The minimum absolute atomic E-state index is 0.0654. The summed E-state index contributed by atoms with van der Waals surface area (Å²) in [5.74, 6) is 1.41. The second-order valence-electron chi connectivity index (χ2n) is 4.89. The summed E-state index contributed by atoms with van der Waals surface area (Å²) in [7, 11) is 1.92. The van der Waals surface area contributed by atoms with Gasteiger partial charge in [-0.3, -0.25) is 0 Å². The van der Waals surface area contributed by atoms with Crippen LogP contribution in [0.3, 0.4) is 0 Å². The topological polar surface area (TPSA) is 51.4 Å². The number of ether oxygens (including phenoxy) is 1. The van der Waals surface area contributed by atoms with E-state index in [2.05, 4.69) is 9.97 Å². The average molecular weight is 300 g/mol. The Morgan fingerprint density at radius 3 is 2.73 bits per heavy atom. The second-order valence-corrected chi connectivity index (χ2v) is 4.89. The molecule has 3 rings (SSSR count). The first kappa shape index (κ1) is 14.3. The van der Waals surface area contributed by atoms with Crippen molar-refractivity contribution in [3.63, 3.8) is 0 Å². The first-order valence-electron chi connectivity index (χ1n) is 6.92. The Labute approximate surface area is 127 Å². The molecule has 0 aliphatic rings. The zero-order valence-electron chi connectivity index (χ0n) is 12.4. The Kier molecular flexibility index (Phi) is 3.91. The van der Waals surface area contributed by atoms with Gasteiger partial charge in [0.1, 0.15) is 31.2 Å². The predicted molar refractivity (Wildman–Crippen MR) is 82.5 cm³/mol. The number of rotatable bonds is 5. The Bertz CT molecular complexity index is 771. The molecule has 1 aromatic carbocycles. The highest BCUT2D eigenvalue weighted by molar-refractivity contribution is 5.91. The number of furan rings is 1. The number of alkyl halides is 1. The molecule has 0 unspecified atom stereocenters. The monoisotopic (exact) mass is 300 g/mol. The minimum Gasteiger partial charge on any atom is -0.491 e. The third kappa shape index (κ3) is 2.59. The van der Waals surface area contributed by atoms with Gasteiger partial charge in [-0.15, -0.1) is 0 Å². The van der Waals surface area contributed by atoms with Gasteiger partial charge in [0, 0.05) is 18.3 Å². The van der Waals surface area contributed by atoms with Crippen LogP contribution in [-0.2, 0) is 0 Å². The van der Waals surface area contributed by atoms with E-state index in [0.717, 1.165) is 22.5 Å². The van der Waals surface area contributed by atoms with Gasteiger partial charge >= 0.3 is 0 Å². The van der Waals surface area contributed by atoms with Crippen molar-refractivity contribution in [1.29, 1.82) is 0 Å². The molecule has 0 aliphatic heterocycles. The van der Waals surface area contributed by atoms with Crippen molar-refractivity contribution < 1.29 is 13.5 Å². The van der Waals surface area contributed by atoms with Crippen molar-refractivity contribution >= 4 is 22.6 Å². The number of benzene rings is 1. The van der Waals surface area contributed by atoms with Gasteiger partial charge in [0.15, 0.2) is 0 Å². The van der Waals surface area contributed by atoms with E-state index in [0.29, 0.717) is 11.5 Å². The highest BCUT2D eigenvalue weighted by Crippen LogP contribution is 2.31. The maximum Gasteiger partial charge on any atom is 0.231 e. The van der Waals surface area contributed by atoms with Crippen LogP contribution >= 0.6 is 0 Å². The SMILES string of the molecule is Cc1coc2ncnc(N(C)c3ccc(OCC[18F])cc3)c12. The van der Waals surface area contributed by atoms with E-state index >= 15 is 0 Å². The molecule has 3 aromatic rings. The van der Waals surface area contributed by atoms with Gasteiger partial charge in [0.25, 0.3) is 0 Å². The first-order chi connectivity index (χ1) is 10.7. The largest absolute Gasteiger partial charge is 0.491 e. The summed E-state index contributed by atoms with van der Waals surface area (Å²) in [6.07, 6.45) is 3.15. The molecule has 22 heavy (non-hydrogen) atoms. The Morgan fingerprint density at radius 1 is 1.23 bits per heavy atom. The molecule has 6 heteroatoms. The molecule has 0 saturated heterocycles. The van der Waals surface area contributed by atoms with E-state index in [4.69, 9.17) is 9.15 Å². The Morgan fingerprint density at radius 2 is 2.00 bits per heavy atom. The van der Waals surface area contributed by atoms with Crippen molar-refractivity contribution in [2.75, 3.05) is 25.2 Å². The maximum absolute atomic E-state index is 12.1. The molecule has 0 fully saturated rings. The number of anilines is 2. The smallest absolute Gasteiger partial charge is 0.231 e. The van der Waals surface area contributed by atoms with E-state index in [9.17, 15) is 4.39 Å². The standard InChI is InChI=1S/C16H16FN3O2/c1-11-9-22-16-14(11)15(18-10-19-16)20(2)12-3-5-13(6-4-12)21-8-7-17/h3-6,9-10H,7-8H2,1-2H3/i17-1. The normalized spacial score (nSPS) is 10.9.